The van der Waals surface area contributed by atoms with Crippen molar-refractivity contribution in [1.82, 2.24) is 10.3 Å². The van der Waals surface area contributed by atoms with Crippen molar-refractivity contribution < 1.29 is 0 Å². The zero-order valence-corrected chi connectivity index (χ0v) is 12.3. The molecule has 2 aromatic rings. The normalized spacial score (nSPS) is 12.6. The Kier molecular flexibility index (Phi) is 4.31. The van der Waals surface area contributed by atoms with Crippen LogP contribution >= 0.6 is 27.3 Å². The molecule has 90 valence electrons. The molecule has 0 saturated carbocycles. The van der Waals surface area contributed by atoms with Gasteiger partial charge in [0.25, 0.3) is 0 Å². The Bertz CT molecular complexity index is 496. The molecule has 1 atom stereocenters. The predicted molar refractivity (Wildman–Crippen MR) is 76.5 cm³/mol. The highest BCUT2D eigenvalue weighted by Crippen LogP contribution is 2.30. The molecule has 1 N–H and O–H groups in total. The number of aromatic nitrogens is 1. The second-order valence-electron chi connectivity index (χ2n) is 3.91. The largest absolute Gasteiger partial charge is 0.306 e. The van der Waals surface area contributed by atoms with Gasteiger partial charge in [-0.15, -0.1) is 11.3 Å². The zero-order chi connectivity index (χ0) is 12.3. The van der Waals surface area contributed by atoms with Gasteiger partial charge in [0, 0.05) is 12.4 Å². The standard InChI is InChI=1S/C13H15BrN2S/c1-3-16-13(10-6-12(14)17-8-10)11-7-15-5-4-9(11)2/h4-8,13,16H,3H2,1-2H3. The lowest BCUT2D eigenvalue weighted by molar-refractivity contribution is 0.627. The van der Waals surface area contributed by atoms with Crippen LogP contribution in [0.1, 0.15) is 29.7 Å². The van der Waals surface area contributed by atoms with E-state index in [1.165, 1.54) is 16.7 Å². The number of hydrogen-bond donors (Lipinski definition) is 1. The van der Waals surface area contributed by atoms with Crippen molar-refractivity contribution in [3.63, 3.8) is 0 Å². The first-order valence-electron chi connectivity index (χ1n) is 5.60. The minimum Gasteiger partial charge on any atom is -0.306 e. The van der Waals surface area contributed by atoms with Gasteiger partial charge >= 0.3 is 0 Å². The van der Waals surface area contributed by atoms with Crippen LogP contribution in [0, 0.1) is 6.92 Å². The summed E-state index contributed by atoms with van der Waals surface area (Å²) in [6.45, 7) is 5.19. The van der Waals surface area contributed by atoms with E-state index in [4.69, 9.17) is 0 Å². The summed E-state index contributed by atoms with van der Waals surface area (Å²) in [5.41, 5.74) is 3.81. The molecule has 0 fully saturated rings. The maximum absolute atomic E-state index is 4.23. The first kappa shape index (κ1) is 12.7. The molecule has 2 rings (SSSR count). The number of nitrogens with one attached hydrogen (secondary N) is 1. The Labute approximate surface area is 114 Å². The molecule has 17 heavy (non-hydrogen) atoms. The van der Waals surface area contributed by atoms with E-state index in [2.05, 4.69) is 57.6 Å². The van der Waals surface area contributed by atoms with Crippen LogP contribution in [0.25, 0.3) is 0 Å². The molecule has 0 aromatic carbocycles. The van der Waals surface area contributed by atoms with E-state index in [0.29, 0.717) is 0 Å². The van der Waals surface area contributed by atoms with Crippen molar-refractivity contribution in [2.75, 3.05) is 6.54 Å². The van der Waals surface area contributed by atoms with Crippen LogP contribution in [-0.4, -0.2) is 11.5 Å². The van der Waals surface area contributed by atoms with E-state index in [9.17, 15) is 0 Å². The Hall–Kier alpha value is -0.710. The summed E-state index contributed by atoms with van der Waals surface area (Å²) < 4.78 is 1.16. The van der Waals surface area contributed by atoms with Crippen molar-refractivity contribution in [1.29, 1.82) is 0 Å². The van der Waals surface area contributed by atoms with E-state index in [0.717, 1.165) is 10.3 Å². The molecule has 4 heteroatoms. The first-order valence-corrected chi connectivity index (χ1v) is 7.27. The number of hydrogen-bond acceptors (Lipinski definition) is 3. The smallest absolute Gasteiger partial charge is 0.0701 e. The van der Waals surface area contributed by atoms with Crippen molar-refractivity contribution in [2.24, 2.45) is 0 Å². The molecular weight excluding hydrogens is 296 g/mol. The van der Waals surface area contributed by atoms with Crippen LogP contribution in [0.15, 0.2) is 33.7 Å². The maximum Gasteiger partial charge on any atom is 0.0701 e. The topological polar surface area (TPSA) is 24.9 Å². The molecule has 2 aromatic heterocycles. The number of nitrogens with zero attached hydrogens (tertiary/aromatic N) is 1. The van der Waals surface area contributed by atoms with Gasteiger partial charge in [-0.3, -0.25) is 4.98 Å². The molecular formula is C13H15BrN2S. The lowest BCUT2D eigenvalue weighted by Gasteiger charge is -2.18. The number of thiophene rings is 1. The van der Waals surface area contributed by atoms with E-state index < -0.39 is 0 Å². The van der Waals surface area contributed by atoms with Crippen molar-refractivity contribution in [2.45, 2.75) is 19.9 Å². The van der Waals surface area contributed by atoms with Crippen LogP contribution in [0.5, 0.6) is 0 Å². The van der Waals surface area contributed by atoms with Crippen LogP contribution in [0.3, 0.4) is 0 Å². The highest BCUT2D eigenvalue weighted by molar-refractivity contribution is 9.11. The number of rotatable bonds is 4. The van der Waals surface area contributed by atoms with Crippen molar-refractivity contribution in [3.05, 3.63) is 50.4 Å². The molecule has 0 aliphatic carbocycles. The van der Waals surface area contributed by atoms with Gasteiger partial charge in [0.05, 0.1) is 9.83 Å². The third-order valence-corrected chi connectivity index (χ3v) is 4.24. The van der Waals surface area contributed by atoms with E-state index >= 15 is 0 Å². The Balaban J connectivity index is 2.39. The molecule has 0 aliphatic rings. The Morgan fingerprint density at radius 1 is 1.53 bits per heavy atom. The monoisotopic (exact) mass is 310 g/mol. The molecule has 0 aliphatic heterocycles. The summed E-state index contributed by atoms with van der Waals surface area (Å²) in [6, 6.07) is 4.46. The predicted octanol–water partition coefficient (Wildman–Crippen LogP) is 3.91. The number of halogens is 1. The average molecular weight is 311 g/mol. The van der Waals surface area contributed by atoms with Crippen LogP contribution in [0.4, 0.5) is 0 Å². The second kappa shape index (κ2) is 5.76. The fourth-order valence-corrected chi connectivity index (χ4v) is 3.07. The fraction of sp³-hybridized carbons (Fsp3) is 0.308. The van der Waals surface area contributed by atoms with Gasteiger partial charge < -0.3 is 5.32 Å². The van der Waals surface area contributed by atoms with Gasteiger partial charge in [-0.1, -0.05) is 6.92 Å². The molecule has 0 radical (unpaired) electrons. The lowest BCUT2D eigenvalue weighted by Crippen LogP contribution is -2.22. The van der Waals surface area contributed by atoms with Crippen molar-refractivity contribution in [3.8, 4) is 0 Å². The molecule has 2 heterocycles. The second-order valence-corrected chi connectivity index (χ2v) is 6.20. The Morgan fingerprint density at radius 3 is 2.94 bits per heavy atom. The zero-order valence-electron chi connectivity index (χ0n) is 9.90. The lowest BCUT2D eigenvalue weighted by atomic mass is 9.99. The van der Waals surface area contributed by atoms with Gasteiger partial charge in [-0.05, 0) is 63.6 Å². The highest BCUT2D eigenvalue weighted by Gasteiger charge is 2.16. The SMILES string of the molecule is CCNC(c1csc(Br)c1)c1cnccc1C. The maximum atomic E-state index is 4.23. The molecule has 0 spiro atoms. The fourth-order valence-electron chi connectivity index (χ4n) is 1.86. The van der Waals surface area contributed by atoms with E-state index in [-0.39, 0.29) is 6.04 Å². The van der Waals surface area contributed by atoms with Gasteiger partial charge in [-0.25, -0.2) is 0 Å². The van der Waals surface area contributed by atoms with Crippen molar-refractivity contribution >= 4 is 27.3 Å². The van der Waals surface area contributed by atoms with Gasteiger partial charge in [0.1, 0.15) is 0 Å². The summed E-state index contributed by atoms with van der Waals surface area (Å²) >= 11 is 5.23. The minimum atomic E-state index is 0.233. The molecule has 0 bridgehead atoms. The number of aryl methyl sites for hydroxylation is 1. The average Bonchev–Trinajstić information content (AvgIpc) is 2.74. The molecule has 2 nitrogen and oxygen atoms in total. The third kappa shape index (κ3) is 2.94. The Morgan fingerprint density at radius 2 is 2.35 bits per heavy atom. The van der Waals surface area contributed by atoms with Gasteiger partial charge in [0.2, 0.25) is 0 Å². The highest BCUT2D eigenvalue weighted by atomic mass is 79.9. The summed E-state index contributed by atoms with van der Waals surface area (Å²) in [4.78, 5) is 4.23. The summed E-state index contributed by atoms with van der Waals surface area (Å²) in [5.74, 6) is 0. The summed E-state index contributed by atoms with van der Waals surface area (Å²) in [6.07, 6.45) is 3.79. The van der Waals surface area contributed by atoms with Gasteiger partial charge in [-0.2, -0.15) is 0 Å². The quantitative estimate of drug-likeness (QED) is 0.926. The van der Waals surface area contributed by atoms with Gasteiger partial charge in [0.15, 0.2) is 0 Å². The molecule has 0 amide bonds. The van der Waals surface area contributed by atoms with Crippen LogP contribution in [0.2, 0.25) is 0 Å². The minimum absolute atomic E-state index is 0.233. The van der Waals surface area contributed by atoms with Crippen LogP contribution in [-0.2, 0) is 0 Å². The third-order valence-electron chi connectivity index (χ3n) is 2.72. The number of pyridine rings is 1. The van der Waals surface area contributed by atoms with E-state index in [1.54, 1.807) is 11.3 Å². The molecule has 1 unspecified atom stereocenters. The summed E-state index contributed by atoms with van der Waals surface area (Å²) in [7, 11) is 0. The molecule has 0 saturated heterocycles. The summed E-state index contributed by atoms with van der Waals surface area (Å²) in [5, 5.41) is 5.70. The van der Waals surface area contributed by atoms with Crippen LogP contribution < -0.4 is 5.32 Å². The van der Waals surface area contributed by atoms with E-state index in [1.807, 2.05) is 12.4 Å². The first-order chi connectivity index (χ1) is 8.22.